The molecule has 9 heteroatoms. The first-order chi connectivity index (χ1) is 13.4. The number of sulfonamides is 1. The van der Waals surface area contributed by atoms with Gasteiger partial charge in [-0.3, -0.25) is 19.3 Å². The molecule has 0 spiro atoms. The molecular formula is C19H23N3O5S. The molecule has 8 nitrogen and oxygen atoms in total. The van der Waals surface area contributed by atoms with Crippen molar-refractivity contribution in [3.05, 3.63) is 36.4 Å². The zero-order valence-corrected chi connectivity index (χ0v) is 16.2. The van der Waals surface area contributed by atoms with E-state index in [2.05, 4.69) is 15.0 Å². The van der Waals surface area contributed by atoms with Crippen LogP contribution in [0.3, 0.4) is 0 Å². The Morgan fingerprint density at radius 3 is 2.86 bits per heavy atom. The number of benzene rings is 1. The lowest BCUT2D eigenvalue weighted by atomic mass is 10.1. The second kappa shape index (κ2) is 9.01. The third kappa shape index (κ3) is 5.66. The molecule has 1 aliphatic heterocycles. The largest absolute Gasteiger partial charge is 0.456 e. The molecule has 0 bridgehead atoms. The van der Waals surface area contributed by atoms with Gasteiger partial charge in [-0.2, -0.15) is 0 Å². The highest BCUT2D eigenvalue weighted by molar-refractivity contribution is 7.90. The Morgan fingerprint density at radius 1 is 1.29 bits per heavy atom. The maximum atomic E-state index is 12.4. The number of nitrogens with one attached hydrogen (secondary N) is 2. The van der Waals surface area contributed by atoms with E-state index >= 15 is 0 Å². The number of aliphatic imine (C=N–C) groups is 1. The third-order valence-corrected chi connectivity index (χ3v) is 5.84. The zero-order valence-electron chi connectivity index (χ0n) is 15.4. The van der Waals surface area contributed by atoms with E-state index in [9.17, 15) is 18.0 Å². The molecule has 0 radical (unpaired) electrons. The number of anilines is 1. The van der Waals surface area contributed by atoms with Crippen LogP contribution in [-0.2, 0) is 24.3 Å². The second-order valence-corrected chi connectivity index (χ2v) is 8.43. The molecule has 2 N–H and O–H groups in total. The van der Waals surface area contributed by atoms with Crippen LogP contribution in [0.1, 0.15) is 32.1 Å². The molecule has 0 saturated heterocycles. The highest BCUT2D eigenvalue weighted by Crippen LogP contribution is 2.20. The van der Waals surface area contributed by atoms with E-state index in [1.807, 2.05) is 12.2 Å². The molecule has 0 fully saturated rings. The van der Waals surface area contributed by atoms with Gasteiger partial charge in [0.15, 0.2) is 6.61 Å². The van der Waals surface area contributed by atoms with Crippen LogP contribution < -0.4 is 10.0 Å². The summed E-state index contributed by atoms with van der Waals surface area (Å²) in [7, 11) is -3.77. The number of ether oxygens (including phenoxy) is 1. The normalized spacial score (nSPS) is 18.6. The van der Waals surface area contributed by atoms with Crippen molar-refractivity contribution in [2.75, 3.05) is 18.5 Å². The van der Waals surface area contributed by atoms with Crippen molar-refractivity contribution in [3.8, 4) is 0 Å². The maximum Gasteiger partial charge on any atom is 0.306 e. The van der Waals surface area contributed by atoms with Gasteiger partial charge in [-0.05, 0) is 43.4 Å². The molecule has 28 heavy (non-hydrogen) atoms. The number of carbonyl (C=O) groups excluding carboxylic acids is 2. The Labute approximate surface area is 164 Å². The molecule has 1 amide bonds. The molecule has 0 aromatic heterocycles. The van der Waals surface area contributed by atoms with Gasteiger partial charge in [0.05, 0.1) is 11.3 Å². The van der Waals surface area contributed by atoms with E-state index in [4.69, 9.17) is 4.74 Å². The number of esters is 1. The summed E-state index contributed by atoms with van der Waals surface area (Å²) in [5.74, 6) is -0.338. The van der Waals surface area contributed by atoms with Crippen LogP contribution in [0, 0.1) is 5.92 Å². The topological polar surface area (TPSA) is 114 Å². The predicted molar refractivity (Wildman–Crippen MR) is 104 cm³/mol. The number of hydrogen-bond donors (Lipinski definition) is 2. The van der Waals surface area contributed by atoms with Crippen molar-refractivity contribution >= 4 is 33.4 Å². The van der Waals surface area contributed by atoms with E-state index in [0.29, 0.717) is 24.5 Å². The van der Waals surface area contributed by atoms with Crippen LogP contribution in [0.4, 0.5) is 5.69 Å². The molecule has 150 valence electrons. The molecule has 0 saturated carbocycles. The number of amides is 1. The number of nitrogens with zero attached hydrogens (tertiary/aromatic N) is 1. The molecule has 1 atom stereocenters. The van der Waals surface area contributed by atoms with Crippen molar-refractivity contribution in [1.29, 1.82) is 0 Å². The quantitative estimate of drug-likeness (QED) is 0.532. The van der Waals surface area contributed by atoms with Crippen molar-refractivity contribution < 1.29 is 22.7 Å². The number of amidine groups is 1. The molecule has 3 rings (SSSR count). The minimum Gasteiger partial charge on any atom is -0.456 e. The number of carbonyl (C=O) groups is 2. The van der Waals surface area contributed by atoms with Crippen LogP contribution in [0.15, 0.2) is 46.3 Å². The SMILES string of the molecule is O=C(COC(=O)C[C@H]1C=CCC1)Nc1cccc(S(=O)(=O)NC2=NCCC2)c1. The highest BCUT2D eigenvalue weighted by Gasteiger charge is 2.19. The molecule has 2 aliphatic rings. The van der Waals surface area contributed by atoms with Crippen LogP contribution in [0.25, 0.3) is 0 Å². The fourth-order valence-corrected chi connectivity index (χ4v) is 4.19. The molecular weight excluding hydrogens is 382 g/mol. The monoisotopic (exact) mass is 405 g/mol. The van der Waals surface area contributed by atoms with Gasteiger partial charge in [0.2, 0.25) is 0 Å². The molecule has 1 aliphatic carbocycles. The fourth-order valence-electron chi connectivity index (χ4n) is 3.06. The summed E-state index contributed by atoms with van der Waals surface area (Å²) in [6.45, 7) is 0.199. The summed E-state index contributed by atoms with van der Waals surface area (Å²) in [6.07, 6.45) is 7.57. The lowest BCUT2D eigenvalue weighted by Crippen LogP contribution is -2.29. The van der Waals surface area contributed by atoms with Gasteiger partial charge in [0.1, 0.15) is 5.84 Å². The van der Waals surface area contributed by atoms with Crippen molar-refractivity contribution in [2.45, 2.75) is 37.0 Å². The van der Waals surface area contributed by atoms with Crippen molar-refractivity contribution in [2.24, 2.45) is 10.9 Å². The fraction of sp³-hybridized carbons (Fsp3) is 0.421. The summed E-state index contributed by atoms with van der Waals surface area (Å²) in [4.78, 5) is 27.9. The third-order valence-electron chi connectivity index (χ3n) is 4.46. The van der Waals surface area contributed by atoms with Gasteiger partial charge in [-0.25, -0.2) is 8.42 Å². The van der Waals surface area contributed by atoms with E-state index in [0.717, 1.165) is 19.3 Å². The number of rotatable bonds is 7. The Morgan fingerprint density at radius 2 is 2.14 bits per heavy atom. The Balaban J connectivity index is 1.52. The Hall–Kier alpha value is -2.68. The molecule has 1 aromatic rings. The predicted octanol–water partition coefficient (Wildman–Crippen LogP) is 2.00. The van der Waals surface area contributed by atoms with Crippen LogP contribution >= 0.6 is 0 Å². The second-order valence-electron chi connectivity index (χ2n) is 6.74. The molecule has 0 unspecified atom stereocenters. The van der Waals surface area contributed by atoms with Gasteiger partial charge in [0.25, 0.3) is 15.9 Å². The summed E-state index contributed by atoms with van der Waals surface area (Å²) in [6, 6.07) is 5.87. The van der Waals surface area contributed by atoms with Crippen molar-refractivity contribution in [1.82, 2.24) is 4.72 Å². The maximum absolute atomic E-state index is 12.4. The molecule has 1 heterocycles. The first-order valence-electron chi connectivity index (χ1n) is 9.21. The lowest BCUT2D eigenvalue weighted by Gasteiger charge is -2.11. The highest BCUT2D eigenvalue weighted by atomic mass is 32.2. The van der Waals surface area contributed by atoms with Crippen LogP contribution in [0.2, 0.25) is 0 Å². The van der Waals surface area contributed by atoms with Gasteiger partial charge in [0, 0.05) is 18.7 Å². The first kappa shape index (κ1) is 20.1. The van der Waals surface area contributed by atoms with E-state index in [1.54, 1.807) is 6.07 Å². The minimum absolute atomic E-state index is 0.0184. The summed E-state index contributed by atoms with van der Waals surface area (Å²) in [5, 5.41) is 2.54. The lowest BCUT2D eigenvalue weighted by molar-refractivity contribution is -0.147. The van der Waals surface area contributed by atoms with Gasteiger partial charge in [-0.1, -0.05) is 18.2 Å². The summed E-state index contributed by atoms with van der Waals surface area (Å²) < 4.78 is 32.3. The summed E-state index contributed by atoms with van der Waals surface area (Å²) in [5.41, 5.74) is 0.302. The van der Waals surface area contributed by atoms with Gasteiger partial charge < -0.3 is 10.1 Å². The Kier molecular flexibility index (Phi) is 6.45. The van der Waals surface area contributed by atoms with E-state index in [-0.39, 0.29) is 17.2 Å². The van der Waals surface area contributed by atoms with Crippen LogP contribution in [0.5, 0.6) is 0 Å². The van der Waals surface area contributed by atoms with E-state index < -0.39 is 28.5 Å². The number of hydrogen-bond acceptors (Lipinski definition) is 6. The van der Waals surface area contributed by atoms with Gasteiger partial charge in [-0.15, -0.1) is 0 Å². The van der Waals surface area contributed by atoms with Crippen LogP contribution in [-0.4, -0.2) is 39.3 Å². The first-order valence-corrected chi connectivity index (χ1v) is 10.7. The minimum atomic E-state index is -3.77. The number of allylic oxidation sites excluding steroid dienone is 2. The average Bonchev–Trinajstić information content (AvgIpc) is 3.34. The zero-order chi connectivity index (χ0) is 20.0. The average molecular weight is 405 g/mol. The molecule has 1 aromatic carbocycles. The standard InChI is InChI=1S/C19H23N3O5S/c23-18(13-27-19(24)11-14-5-1-2-6-14)21-15-7-3-8-16(12-15)28(25,26)22-17-9-4-10-20-17/h1,3,5,7-8,12,14H,2,4,6,9-11,13H2,(H,20,22)(H,21,23)/t14-/m0/s1. The van der Waals surface area contributed by atoms with Crippen molar-refractivity contribution in [3.63, 3.8) is 0 Å². The van der Waals surface area contributed by atoms with Gasteiger partial charge >= 0.3 is 5.97 Å². The van der Waals surface area contributed by atoms with E-state index in [1.165, 1.54) is 18.2 Å². The summed E-state index contributed by atoms with van der Waals surface area (Å²) >= 11 is 0. The Bertz CT molecular complexity index is 908. The smallest absolute Gasteiger partial charge is 0.306 e.